The third-order valence-electron chi connectivity index (χ3n) is 3.71. The van der Waals surface area contributed by atoms with E-state index in [1.165, 1.54) is 0 Å². The van der Waals surface area contributed by atoms with E-state index in [0.717, 1.165) is 16.9 Å². The summed E-state index contributed by atoms with van der Waals surface area (Å²) in [5, 5.41) is 24.6. The maximum atomic E-state index is 9.28. The molecule has 0 fully saturated rings. The topological polar surface area (TPSA) is 93.9 Å². The van der Waals surface area contributed by atoms with E-state index in [1.807, 2.05) is 55.5 Å². The third kappa shape index (κ3) is 4.35. The normalized spacial score (nSPS) is 11.4. The highest BCUT2D eigenvalue weighted by molar-refractivity contribution is 5.67. The summed E-state index contributed by atoms with van der Waals surface area (Å²) < 4.78 is 0. The molecule has 0 amide bonds. The molecule has 26 heavy (non-hydrogen) atoms. The summed E-state index contributed by atoms with van der Waals surface area (Å²) in [4.78, 5) is 9.01. The van der Waals surface area contributed by atoms with Gasteiger partial charge >= 0.3 is 0 Å². The summed E-state index contributed by atoms with van der Waals surface area (Å²) in [5.41, 5.74) is 3.05. The highest BCUT2D eigenvalue weighted by Gasteiger charge is 2.09. The predicted molar refractivity (Wildman–Crippen MR) is 102 cm³/mol. The van der Waals surface area contributed by atoms with Crippen molar-refractivity contribution in [2.45, 2.75) is 13.0 Å². The largest absolute Gasteiger partial charge is 0.394 e. The molecule has 1 aromatic heterocycles. The first-order valence-corrected chi connectivity index (χ1v) is 8.27. The zero-order valence-corrected chi connectivity index (χ0v) is 14.3. The SMILES string of the molecule is C[C@@H](CO)Nc1nc(Nc2cccc(C#N)c2)cc(-c2ccccc2)n1. The molecule has 1 atom stereocenters. The number of rotatable bonds is 6. The Hall–Kier alpha value is -3.43. The molecule has 130 valence electrons. The van der Waals surface area contributed by atoms with E-state index in [2.05, 4.69) is 26.7 Å². The second kappa shape index (κ2) is 8.10. The Morgan fingerprint density at radius 1 is 1.08 bits per heavy atom. The lowest BCUT2D eigenvalue weighted by Gasteiger charge is -2.14. The number of nitrogens with zero attached hydrogens (tertiary/aromatic N) is 3. The van der Waals surface area contributed by atoms with Crippen LogP contribution in [0, 0.1) is 11.3 Å². The van der Waals surface area contributed by atoms with Crippen LogP contribution < -0.4 is 10.6 Å². The number of benzene rings is 2. The molecule has 0 bridgehead atoms. The van der Waals surface area contributed by atoms with Gasteiger partial charge in [-0.1, -0.05) is 36.4 Å². The zero-order chi connectivity index (χ0) is 18.4. The van der Waals surface area contributed by atoms with Crippen LogP contribution in [0.15, 0.2) is 60.7 Å². The number of aliphatic hydroxyl groups is 1. The van der Waals surface area contributed by atoms with Crippen molar-refractivity contribution in [3.8, 4) is 17.3 Å². The minimum atomic E-state index is -0.171. The van der Waals surface area contributed by atoms with Crippen molar-refractivity contribution in [3.63, 3.8) is 0 Å². The molecule has 2 aromatic carbocycles. The van der Waals surface area contributed by atoms with Crippen molar-refractivity contribution in [2.75, 3.05) is 17.2 Å². The van der Waals surface area contributed by atoms with Crippen LogP contribution in [0.4, 0.5) is 17.5 Å². The van der Waals surface area contributed by atoms with Gasteiger partial charge in [-0.2, -0.15) is 10.2 Å². The monoisotopic (exact) mass is 345 g/mol. The maximum absolute atomic E-state index is 9.28. The Balaban J connectivity index is 1.97. The lowest BCUT2D eigenvalue weighted by atomic mass is 10.1. The van der Waals surface area contributed by atoms with E-state index >= 15 is 0 Å². The van der Waals surface area contributed by atoms with Crippen LogP contribution >= 0.6 is 0 Å². The molecule has 0 unspecified atom stereocenters. The van der Waals surface area contributed by atoms with E-state index in [4.69, 9.17) is 5.26 Å². The molecule has 0 aliphatic rings. The summed E-state index contributed by atoms with van der Waals surface area (Å²) in [6.07, 6.45) is 0. The Kier molecular flexibility index (Phi) is 5.42. The Morgan fingerprint density at radius 2 is 1.88 bits per heavy atom. The van der Waals surface area contributed by atoms with Gasteiger partial charge in [0.2, 0.25) is 5.95 Å². The quantitative estimate of drug-likeness (QED) is 0.632. The van der Waals surface area contributed by atoms with Crippen LogP contribution in [0.5, 0.6) is 0 Å². The van der Waals surface area contributed by atoms with Crippen LogP contribution in [0.25, 0.3) is 11.3 Å². The molecule has 3 rings (SSSR count). The minimum Gasteiger partial charge on any atom is -0.394 e. The van der Waals surface area contributed by atoms with Crippen LogP contribution in [0.2, 0.25) is 0 Å². The second-order valence-electron chi connectivity index (χ2n) is 5.87. The Bertz CT molecular complexity index is 921. The predicted octanol–water partition coefficient (Wildman–Crippen LogP) is 3.55. The van der Waals surface area contributed by atoms with Gasteiger partial charge in [0.15, 0.2) is 0 Å². The Morgan fingerprint density at radius 3 is 2.62 bits per heavy atom. The number of nitrogens with one attached hydrogen (secondary N) is 2. The fraction of sp³-hybridized carbons (Fsp3) is 0.150. The van der Waals surface area contributed by atoms with Crippen molar-refractivity contribution in [3.05, 3.63) is 66.2 Å². The number of aliphatic hydroxyl groups excluding tert-OH is 1. The second-order valence-corrected chi connectivity index (χ2v) is 5.87. The molecule has 0 aliphatic carbocycles. The van der Waals surface area contributed by atoms with Gasteiger partial charge in [0, 0.05) is 23.4 Å². The van der Waals surface area contributed by atoms with Gasteiger partial charge in [0.05, 0.1) is 23.9 Å². The summed E-state index contributed by atoms with van der Waals surface area (Å²) in [6.45, 7) is 1.83. The van der Waals surface area contributed by atoms with Crippen LogP contribution in [0.3, 0.4) is 0 Å². The maximum Gasteiger partial charge on any atom is 0.225 e. The number of anilines is 3. The summed E-state index contributed by atoms with van der Waals surface area (Å²) in [6, 6.07) is 20.8. The number of hydrogen-bond donors (Lipinski definition) is 3. The van der Waals surface area contributed by atoms with Crippen molar-refractivity contribution in [1.82, 2.24) is 9.97 Å². The van der Waals surface area contributed by atoms with Gasteiger partial charge in [-0.15, -0.1) is 0 Å². The number of aromatic nitrogens is 2. The fourth-order valence-corrected chi connectivity index (χ4v) is 2.41. The van der Waals surface area contributed by atoms with Gasteiger partial charge < -0.3 is 15.7 Å². The van der Waals surface area contributed by atoms with Crippen molar-refractivity contribution < 1.29 is 5.11 Å². The van der Waals surface area contributed by atoms with Gasteiger partial charge in [0.1, 0.15) is 5.82 Å². The summed E-state index contributed by atoms with van der Waals surface area (Å²) >= 11 is 0. The molecule has 3 aromatic rings. The van der Waals surface area contributed by atoms with E-state index in [1.54, 1.807) is 12.1 Å². The molecular formula is C20H19N5O. The average Bonchev–Trinajstić information content (AvgIpc) is 2.68. The summed E-state index contributed by atoms with van der Waals surface area (Å²) in [5.74, 6) is 1.02. The first-order valence-electron chi connectivity index (χ1n) is 8.27. The third-order valence-corrected chi connectivity index (χ3v) is 3.71. The average molecular weight is 345 g/mol. The molecule has 1 heterocycles. The van der Waals surface area contributed by atoms with Crippen molar-refractivity contribution in [2.24, 2.45) is 0 Å². The first kappa shape index (κ1) is 17.4. The van der Waals surface area contributed by atoms with Crippen molar-refractivity contribution >= 4 is 17.5 Å². The zero-order valence-electron chi connectivity index (χ0n) is 14.3. The highest BCUT2D eigenvalue weighted by atomic mass is 16.3. The standard InChI is InChI=1S/C20H19N5O/c1-14(13-26)22-20-24-18(16-7-3-2-4-8-16)11-19(25-20)23-17-9-5-6-15(10-17)12-21/h2-11,14,26H,13H2,1H3,(H2,22,23,24,25)/t14-/m0/s1. The summed E-state index contributed by atoms with van der Waals surface area (Å²) in [7, 11) is 0. The smallest absolute Gasteiger partial charge is 0.225 e. The molecule has 0 saturated carbocycles. The van der Waals surface area contributed by atoms with E-state index in [0.29, 0.717) is 17.3 Å². The number of nitriles is 1. The van der Waals surface area contributed by atoms with Gasteiger partial charge in [-0.05, 0) is 25.1 Å². The highest BCUT2D eigenvalue weighted by Crippen LogP contribution is 2.24. The molecule has 0 saturated heterocycles. The van der Waals surface area contributed by atoms with Crippen LogP contribution in [0.1, 0.15) is 12.5 Å². The Labute approximate surface area is 152 Å². The molecule has 3 N–H and O–H groups in total. The molecule has 0 aliphatic heterocycles. The molecule has 0 radical (unpaired) electrons. The first-order chi connectivity index (χ1) is 12.7. The molecular weight excluding hydrogens is 326 g/mol. The molecule has 6 heteroatoms. The van der Waals surface area contributed by atoms with Crippen LogP contribution in [-0.2, 0) is 0 Å². The fourth-order valence-electron chi connectivity index (χ4n) is 2.41. The minimum absolute atomic E-state index is 0.0219. The number of hydrogen-bond acceptors (Lipinski definition) is 6. The van der Waals surface area contributed by atoms with Gasteiger partial charge in [0.25, 0.3) is 0 Å². The van der Waals surface area contributed by atoms with Gasteiger partial charge in [-0.25, -0.2) is 4.98 Å². The lowest BCUT2D eigenvalue weighted by molar-refractivity contribution is 0.281. The van der Waals surface area contributed by atoms with E-state index < -0.39 is 0 Å². The van der Waals surface area contributed by atoms with E-state index in [-0.39, 0.29) is 12.6 Å². The molecule has 0 spiro atoms. The lowest BCUT2D eigenvalue weighted by Crippen LogP contribution is -2.21. The van der Waals surface area contributed by atoms with Crippen LogP contribution in [-0.4, -0.2) is 27.7 Å². The van der Waals surface area contributed by atoms with Gasteiger partial charge in [-0.3, -0.25) is 0 Å². The molecule has 6 nitrogen and oxygen atoms in total. The van der Waals surface area contributed by atoms with E-state index in [9.17, 15) is 5.11 Å². The van der Waals surface area contributed by atoms with Crippen molar-refractivity contribution in [1.29, 1.82) is 5.26 Å².